The lowest BCUT2D eigenvalue weighted by Crippen LogP contribution is -2.44. The average molecular weight is 390 g/mol. The summed E-state index contributed by atoms with van der Waals surface area (Å²) in [4.78, 5) is 18.0. The second kappa shape index (κ2) is 8.87. The lowest BCUT2D eigenvalue weighted by Gasteiger charge is -2.34. The number of aromatic nitrogens is 3. The fourth-order valence-electron chi connectivity index (χ4n) is 3.36. The van der Waals surface area contributed by atoms with Gasteiger partial charge in [-0.25, -0.2) is 4.98 Å². The Hall–Kier alpha value is -3.19. The number of benzene rings is 1. The number of aryl methyl sites for hydroxylation is 1. The maximum atomic E-state index is 4.59. The molecule has 0 radical (unpaired) electrons. The van der Waals surface area contributed by atoms with E-state index in [-0.39, 0.29) is 0 Å². The Bertz CT molecular complexity index is 920. The van der Waals surface area contributed by atoms with Crippen LogP contribution in [0.25, 0.3) is 0 Å². The molecule has 3 aromatic rings. The van der Waals surface area contributed by atoms with Crippen molar-refractivity contribution in [2.45, 2.75) is 13.5 Å². The number of hydrogen-bond acceptors (Lipinski definition) is 7. The molecule has 1 aliphatic rings. The van der Waals surface area contributed by atoms with Crippen LogP contribution in [0.2, 0.25) is 0 Å². The third-order valence-corrected chi connectivity index (χ3v) is 5.04. The first kappa shape index (κ1) is 19.1. The minimum Gasteiger partial charge on any atom is -0.369 e. The molecule has 1 saturated heterocycles. The van der Waals surface area contributed by atoms with E-state index in [1.807, 2.05) is 31.3 Å². The standard InChI is InChI=1S/C22H27N7/c1-17-14-21(24-16-18-4-3-9-23-15-18)27-22(25-17)26-19-5-7-20(8-6-19)29-12-10-28(2)11-13-29/h3-9,14-15H,10-13,16H2,1-2H3,(H2,24,25,26,27). The Labute approximate surface area is 171 Å². The van der Waals surface area contributed by atoms with Gasteiger partial charge in [-0.05, 0) is 49.9 Å². The molecule has 4 rings (SSSR count). The van der Waals surface area contributed by atoms with Gasteiger partial charge in [-0.1, -0.05) is 6.07 Å². The summed E-state index contributed by atoms with van der Waals surface area (Å²) in [6.45, 7) is 6.98. The summed E-state index contributed by atoms with van der Waals surface area (Å²) in [6, 6.07) is 14.4. The minimum atomic E-state index is 0.589. The van der Waals surface area contributed by atoms with Gasteiger partial charge in [-0.2, -0.15) is 4.98 Å². The van der Waals surface area contributed by atoms with Crippen molar-refractivity contribution in [1.82, 2.24) is 19.9 Å². The summed E-state index contributed by atoms with van der Waals surface area (Å²) in [5, 5.41) is 6.66. The van der Waals surface area contributed by atoms with E-state index in [0.717, 1.165) is 48.9 Å². The predicted octanol–water partition coefficient (Wildman–Crippen LogP) is 3.29. The maximum Gasteiger partial charge on any atom is 0.229 e. The minimum absolute atomic E-state index is 0.589. The van der Waals surface area contributed by atoms with Crippen LogP contribution in [0, 0.1) is 6.92 Å². The van der Waals surface area contributed by atoms with Gasteiger partial charge in [-0.15, -0.1) is 0 Å². The molecule has 7 nitrogen and oxygen atoms in total. The number of pyridine rings is 1. The van der Waals surface area contributed by atoms with Crippen molar-refractivity contribution in [3.63, 3.8) is 0 Å². The number of likely N-dealkylation sites (N-methyl/N-ethyl adjacent to an activating group) is 1. The first-order valence-electron chi connectivity index (χ1n) is 9.95. The predicted molar refractivity (Wildman–Crippen MR) is 118 cm³/mol. The lowest BCUT2D eigenvalue weighted by atomic mass is 10.2. The van der Waals surface area contributed by atoms with Crippen LogP contribution in [0.5, 0.6) is 0 Å². The molecule has 0 amide bonds. The molecule has 3 heterocycles. The van der Waals surface area contributed by atoms with Crippen LogP contribution in [0.15, 0.2) is 54.9 Å². The second-order valence-electron chi connectivity index (χ2n) is 7.40. The highest BCUT2D eigenvalue weighted by Crippen LogP contribution is 2.21. The van der Waals surface area contributed by atoms with Gasteiger partial charge in [0.05, 0.1) is 0 Å². The Morgan fingerprint density at radius 2 is 1.79 bits per heavy atom. The molecule has 7 heteroatoms. The summed E-state index contributed by atoms with van der Waals surface area (Å²) in [5.41, 5.74) is 4.25. The number of piperazine rings is 1. The van der Waals surface area contributed by atoms with E-state index in [9.17, 15) is 0 Å². The zero-order valence-corrected chi connectivity index (χ0v) is 17.0. The topological polar surface area (TPSA) is 69.2 Å². The zero-order chi connectivity index (χ0) is 20.1. The van der Waals surface area contributed by atoms with Crippen molar-refractivity contribution < 1.29 is 0 Å². The summed E-state index contributed by atoms with van der Waals surface area (Å²) >= 11 is 0. The summed E-state index contributed by atoms with van der Waals surface area (Å²) in [6.07, 6.45) is 3.62. The smallest absolute Gasteiger partial charge is 0.229 e. The second-order valence-corrected chi connectivity index (χ2v) is 7.40. The monoisotopic (exact) mass is 389 g/mol. The van der Waals surface area contributed by atoms with Crippen molar-refractivity contribution in [3.8, 4) is 0 Å². The number of rotatable bonds is 6. The van der Waals surface area contributed by atoms with Crippen molar-refractivity contribution in [2.75, 3.05) is 48.8 Å². The Kier molecular flexibility index (Phi) is 5.86. The molecule has 2 N–H and O–H groups in total. The first-order valence-corrected chi connectivity index (χ1v) is 9.95. The molecule has 150 valence electrons. The van der Waals surface area contributed by atoms with Gasteiger partial charge >= 0.3 is 0 Å². The molecule has 0 bridgehead atoms. The van der Waals surface area contributed by atoms with E-state index in [1.54, 1.807) is 6.20 Å². The van der Waals surface area contributed by atoms with Gasteiger partial charge in [0, 0.05) is 68.3 Å². The van der Waals surface area contributed by atoms with Crippen LogP contribution >= 0.6 is 0 Å². The fraction of sp³-hybridized carbons (Fsp3) is 0.318. The van der Waals surface area contributed by atoms with Crippen molar-refractivity contribution in [1.29, 1.82) is 0 Å². The Morgan fingerprint density at radius 3 is 2.52 bits per heavy atom. The maximum absolute atomic E-state index is 4.59. The summed E-state index contributed by atoms with van der Waals surface area (Å²) < 4.78 is 0. The van der Waals surface area contributed by atoms with E-state index < -0.39 is 0 Å². The van der Waals surface area contributed by atoms with Crippen LogP contribution in [0.3, 0.4) is 0 Å². The van der Waals surface area contributed by atoms with Crippen molar-refractivity contribution in [3.05, 3.63) is 66.1 Å². The normalized spacial score (nSPS) is 14.6. The fourth-order valence-corrected chi connectivity index (χ4v) is 3.36. The van der Waals surface area contributed by atoms with Crippen LogP contribution < -0.4 is 15.5 Å². The summed E-state index contributed by atoms with van der Waals surface area (Å²) in [5.74, 6) is 1.38. The molecular formula is C22H27N7. The molecule has 29 heavy (non-hydrogen) atoms. The lowest BCUT2D eigenvalue weighted by molar-refractivity contribution is 0.313. The Balaban J connectivity index is 1.40. The number of anilines is 4. The van der Waals surface area contributed by atoms with Gasteiger partial charge in [0.1, 0.15) is 5.82 Å². The zero-order valence-electron chi connectivity index (χ0n) is 17.0. The molecule has 0 saturated carbocycles. The number of hydrogen-bond donors (Lipinski definition) is 2. The molecule has 1 fully saturated rings. The summed E-state index contributed by atoms with van der Waals surface area (Å²) in [7, 11) is 2.17. The van der Waals surface area contributed by atoms with E-state index >= 15 is 0 Å². The van der Waals surface area contributed by atoms with Gasteiger partial charge in [-0.3, -0.25) is 4.98 Å². The van der Waals surface area contributed by atoms with Crippen LogP contribution in [0.4, 0.5) is 23.1 Å². The highest BCUT2D eigenvalue weighted by molar-refractivity contribution is 5.60. The SMILES string of the molecule is Cc1cc(NCc2cccnc2)nc(Nc2ccc(N3CCN(C)CC3)cc2)n1. The van der Waals surface area contributed by atoms with E-state index in [2.05, 4.69) is 66.7 Å². The molecule has 2 aromatic heterocycles. The van der Waals surface area contributed by atoms with Gasteiger partial charge in [0.15, 0.2) is 0 Å². The van der Waals surface area contributed by atoms with Gasteiger partial charge in [0.2, 0.25) is 5.95 Å². The molecule has 0 atom stereocenters. The Morgan fingerprint density at radius 1 is 1.00 bits per heavy atom. The number of nitrogens with zero attached hydrogens (tertiary/aromatic N) is 5. The largest absolute Gasteiger partial charge is 0.369 e. The molecule has 1 aliphatic heterocycles. The van der Waals surface area contributed by atoms with E-state index in [0.29, 0.717) is 12.5 Å². The quantitative estimate of drug-likeness (QED) is 0.670. The van der Waals surface area contributed by atoms with Gasteiger partial charge in [0.25, 0.3) is 0 Å². The molecule has 0 aliphatic carbocycles. The highest BCUT2D eigenvalue weighted by atomic mass is 15.2. The van der Waals surface area contributed by atoms with Crippen molar-refractivity contribution in [2.24, 2.45) is 0 Å². The number of nitrogens with one attached hydrogen (secondary N) is 2. The van der Waals surface area contributed by atoms with Crippen LogP contribution in [-0.4, -0.2) is 53.1 Å². The van der Waals surface area contributed by atoms with E-state index in [1.165, 1.54) is 5.69 Å². The van der Waals surface area contributed by atoms with Crippen molar-refractivity contribution >= 4 is 23.1 Å². The third kappa shape index (κ3) is 5.20. The first-order chi connectivity index (χ1) is 14.2. The van der Waals surface area contributed by atoms with Gasteiger partial charge < -0.3 is 20.4 Å². The van der Waals surface area contributed by atoms with Crippen LogP contribution in [-0.2, 0) is 6.54 Å². The molecular weight excluding hydrogens is 362 g/mol. The molecule has 0 spiro atoms. The van der Waals surface area contributed by atoms with E-state index in [4.69, 9.17) is 0 Å². The molecule has 0 unspecified atom stereocenters. The van der Waals surface area contributed by atoms with Crippen LogP contribution in [0.1, 0.15) is 11.3 Å². The highest BCUT2D eigenvalue weighted by Gasteiger charge is 2.14. The third-order valence-electron chi connectivity index (χ3n) is 5.04. The average Bonchev–Trinajstić information content (AvgIpc) is 2.74. The molecule has 1 aromatic carbocycles.